The van der Waals surface area contributed by atoms with E-state index in [0.29, 0.717) is 35.8 Å². The van der Waals surface area contributed by atoms with Gasteiger partial charge in [-0.1, -0.05) is 6.07 Å². The van der Waals surface area contributed by atoms with Gasteiger partial charge in [0.15, 0.2) is 5.58 Å². The second-order valence-corrected chi connectivity index (χ2v) is 4.80. The molecular formula is C14H15N3O4. The first-order valence-electron chi connectivity index (χ1n) is 6.64. The number of carbonyl (C=O) groups is 2. The largest absolute Gasteiger partial charge is 0.465 e. The molecule has 1 fully saturated rings. The maximum atomic E-state index is 11.7. The third-order valence-corrected chi connectivity index (χ3v) is 3.56. The molecule has 0 aliphatic carbocycles. The lowest BCUT2D eigenvalue weighted by Crippen LogP contribution is -2.54. The molecule has 0 bridgehead atoms. The summed E-state index contributed by atoms with van der Waals surface area (Å²) in [5.74, 6) is -0.540. The molecule has 1 unspecified atom stereocenters. The lowest BCUT2D eigenvalue weighted by Gasteiger charge is -2.31. The topological polar surface area (TPSA) is 84.7 Å². The number of para-hydroxylation sites is 1. The Hall–Kier alpha value is -2.57. The van der Waals surface area contributed by atoms with E-state index >= 15 is 0 Å². The number of piperazine rings is 1. The smallest absolute Gasteiger partial charge is 0.340 e. The van der Waals surface area contributed by atoms with Crippen LogP contribution < -0.4 is 10.2 Å². The Kier molecular flexibility index (Phi) is 3.25. The molecule has 1 aliphatic rings. The summed E-state index contributed by atoms with van der Waals surface area (Å²) in [5.41, 5.74) is 1.28. The van der Waals surface area contributed by atoms with Crippen LogP contribution in [0.3, 0.4) is 0 Å². The van der Waals surface area contributed by atoms with Gasteiger partial charge in [-0.15, -0.1) is 0 Å². The highest BCUT2D eigenvalue weighted by molar-refractivity contribution is 6.01. The van der Waals surface area contributed by atoms with Crippen molar-refractivity contribution in [2.75, 3.05) is 25.1 Å². The van der Waals surface area contributed by atoms with Crippen LogP contribution in [0.2, 0.25) is 0 Å². The molecule has 2 aromatic rings. The second-order valence-electron chi connectivity index (χ2n) is 4.80. The fourth-order valence-electron chi connectivity index (χ4n) is 2.38. The Morgan fingerprint density at radius 1 is 1.52 bits per heavy atom. The SMILES string of the molecule is COC(=O)c1cccc2oc(N3CCNC(=O)C3C)nc12. The van der Waals surface area contributed by atoms with Gasteiger partial charge in [-0.05, 0) is 19.1 Å². The first-order valence-corrected chi connectivity index (χ1v) is 6.64. The average molecular weight is 289 g/mol. The second kappa shape index (κ2) is 5.08. The first kappa shape index (κ1) is 13.4. The van der Waals surface area contributed by atoms with Gasteiger partial charge in [-0.25, -0.2) is 4.79 Å². The number of fused-ring (bicyclic) bond motifs is 1. The Bertz CT molecular complexity index is 709. The number of benzene rings is 1. The third kappa shape index (κ3) is 2.20. The Morgan fingerprint density at radius 2 is 2.33 bits per heavy atom. The minimum atomic E-state index is -0.468. The van der Waals surface area contributed by atoms with E-state index in [2.05, 4.69) is 10.3 Å². The normalized spacial score (nSPS) is 18.7. The van der Waals surface area contributed by atoms with Gasteiger partial charge in [0.05, 0.1) is 12.7 Å². The molecule has 1 aromatic heterocycles. The maximum Gasteiger partial charge on any atom is 0.340 e. The molecule has 0 saturated carbocycles. The van der Waals surface area contributed by atoms with Gasteiger partial charge in [0.25, 0.3) is 6.01 Å². The van der Waals surface area contributed by atoms with E-state index in [1.165, 1.54) is 7.11 Å². The minimum absolute atomic E-state index is 0.0725. The highest BCUT2D eigenvalue weighted by Crippen LogP contribution is 2.26. The summed E-state index contributed by atoms with van der Waals surface area (Å²) < 4.78 is 10.4. The molecule has 110 valence electrons. The van der Waals surface area contributed by atoms with Crippen LogP contribution in [0.25, 0.3) is 11.1 Å². The quantitative estimate of drug-likeness (QED) is 0.828. The van der Waals surface area contributed by atoms with Crippen LogP contribution in [0.4, 0.5) is 6.01 Å². The molecule has 1 atom stereocenters. The van der Waals surface area contributed by atoms with Crippen LogP contribution in [0.5, 0.6) is 0 Å². The third-order valence-electron chi connectivity index (χ3n) is 3.56. The molecule has 7 nitrogen and oxygen atoms in total. The monoisotopic (exact) mass is 289 g/mol. The van der Waals surface area contributed by atoms with Crippen LogP contribution in [0, 0.1) is 0 Å². The molecule has 7 heteroatoms. The molecule has 1 aliphatic heterocycles. The number of ether oxygens (including phenoxy) is 1. The van der Waals surface area contributed by atoms with E-state index < -0.39 is 5.97 Å². The fraction of sp³-hybridized carbons (Fsp3) is 0.357. The van der Waals surface area contributed by atoms with E-state index in [1.54, 1.807) is 30.0 Å². The lowest BCUT2D eigenvalue weighted by atomic mass is 10.2. The number of rotatable bonds is 2. The predicted octanol–water partition coefficient (Wildman–Crippen LogP) is 0.939. The van der Waals surface area contributed by atoms with Crippen molar-refractivity contribution in [3.8, 4) is 0 Å². The van der Waals surface area contributed by atoms with E-state index in [9.17, 15) is 9.59 Å². The van der Waals surface area contributed by atoms with Crippen LogP contribution in [-0.4, -0.2) is 43.1 Å². The van der Waals surface area contributed by atoms with Gasteiger partial charge in [-0.2, -0.15) is 4.98 Å². The number of hydrogen-bond donors (Lipinski definition) is 1. The number of nitrogens with one attached hydrogen (secondary N) is 1. The number of nitrogens with zero attached hydrogens (tertiary/aromatic N) is 2. The van der Waals surface area contributed by atoms with Gasteiger partial charge >= 0.3 is 5.97 Å². The Balaban J connectivity index is 2.05. The molecule has 0 radical (unpaired) electrons. The first-order chi connectivity index (χ1) is 10.1. The van der Waals surface area contributed by atoms with Crippen molar-refractivity contribution in [2.24, 2.45) is 0 Å². The van der Waals surface area contributed by atoms with Crippen molar-refractivity contribution < 1.29 is 18.7 Å². The molecule has 1 saturated heterocycles. The zero-order chi connectivity index (χ0) is 15.0. The molecular weight excluding hydrogens is 274 g/mol. The van der Waals surface area contributed by atoms with Gasteiger partial charge in [-0.3, -0.25) is 4.79 Å². The Morgan fingerprint density at radius 3 is 3.10 bits per heavy atom. The summed E-state index contributed by atoms with van der Waals surface area (Å²) in [6.45, 7) is 2.92. The van der Waals surface area contributed by atoms with E-state index in [1.807, 2.05) is 0 Å². The predicted molar refractivity (Wildman–Crippen MR) is 75.2 cm³/mol. The summed E-state index contributed by atoms with van der Waals surface area (Å²) in [4.78, 5) is 29.6. The molecule has 1 N–H and O–H groups in total. The zero-order valence-electron chi connectivity index (χ0n) is 11.8. The molecule has 1 amide bonds. The lowest BCUT2D eigenvalue weighted by molar-refractivity contribution is -0.123. The molecule has 0 spiro atoms. The van der Waals surface area contributed by atoms with Crippen molar-refractivity contribution in [3.63, 3.8) is 0 Å². The molecule has 1 aromatic carbocycles. The van der Waals surface area contributed by atoms with Crippen LogP contribution in [-0.2, 0) is 9.53 Å². The number of oxazole rings is 1. The zero-order valence-corrected chi connectivity index (χ0v) is 11.8. The summed E-state index contributed by atoms with van der Waals surface area (Å²) in [6, 6.07) is 5.03. The van der Waals surface area contributed by atoms with Crippen LogP contribution >= 0.6 is 0 Å². The van der Waals surface area contributed by atoms with Gasteiger partial charge < -0.3 is 19.4 Å². The molecule has 2 heterocycles. The number of carbonyl (C=O) groups excluding carboxylic acids is 2. The molecule has 3 rings (SSSR count). The highest BCUT2D eigenvalue weighted by Gasteiger charge is 2.29. The number of amides is 1. The van der Waals surface area contributed by atoms with Gasteiger partial charge in [0.1, 0.15) is 11.6 Å². The maximum absolute atomic E-state index is 11.7. The van der Waals surface area contributed by atoms with Crippen molar-refractivity contribution in [1.82, 2.24) is 10.3 Å². The van der Waals surface area contributed by atoms with E-state index in [0.717, 1.165) is 0 Å². The number of esters is 1. The Labute approximate surface area is 120 Å². The van der Waals surface area contributed by atoms with Crippen LogP contribution in [0.1, 0.15) is 17.3 Å². The van der Waals surface area contributed by atoms with Crippen LogP contribution in [0.15, 0.2) is 22.6 Å². The van der Waals surface area contributed by atoms with Gasteiger partial charge in [0, 0.05) is 13.1 Å². The van der Waals surface area contributed by atoms with Crippen molar-refractivity contribution in [3.05, 3.63) is 23.8 Å². The number of hydrogen-bond acceptors (Lipinski definition) is 6. The summed E-state index contributed by atoms with van der Waals surface area (Å²) in [6.07, 6.45) is 0. The van der Waals surface area contributed by atoms with Gasteiger partial charge in [0.2, 0.25) is 5.91 Å². The average Bonchev–Trinajstić information content (AvgIpc) is 2.92. The summed E-state index contributed by atoms with van der Waals surface area (Å²) in [7, 11) is 1.32. The standard InChI is InChI=1S/C14H15N3O4/c1-8-12(18)15-6-7-17(8)14-16-11-9(13(19)20-2)4-3-5-10(11)21-14/h3-5,8H,6-7H2,1-2H3,(H,15,18). The van der Waals surface area contributed by atoms with Crippen molar-refractivity contribution in [2.45, 2.75) is 13.0 Å². The number of anilines is 1. The molecule has 21 heavy (non-hydrogen) atoms. The van der Waals surface area contributed by atoms with E-state index in [-0.39, 0.29) is 11.9 Å². The fourth-order valence-corrected chi connectivity index (χ4v) is 2.38. The summed E-state index contributed by atoms with van der Waals surface area (Å²) in [5, 5.41) is 2.78. The van der Waals surface area contributed by atoms with Crippen molar-refractivity contribution >= 4 is 29.0 Å². The summed E-state index contributed by atoms with van der Waals surface area (Å²) >= 11 is 0. The van der Waals surface area contributed by atoms with E-state index in [4.69, 9.17) is 9.15 Å². The van der Waals surface area contributed by atoms with Crippen molar-refractivity contribution in [1.29, 1.82) is 0 Å². The minimum Gasteiger partial charge on any atom is -0.465 e. The number of methoxy groups -OCH3 is 1. The highest BCUT2D eigenvalue weighted by atomic mass is 16.5. The number of aromatic nitrogens is 1.